The van der Waals surface area contributed by atoms with Crippen LogP contribution in [0.4, 0.5) is 0 Å². The van der Waals surface area contributed by atoms with Crippen molar-refractivity contribution < 1.29 is 19.1 Å². The van der Waals surface area contributed by atoms with Gasteiger partial charge in [-0.3, -0.25) is 4.79 Å². The summed E-state index contributed by atoms with van der Waals surface area (Å²) in [4.78, 5) is 25.0. The van der Waals surface area contributed by atoms with E-state index in [1.807, 2.05) is 26.8 Å². The minimum absolute atomic E-state index is 0.0336. The van der Waals surface area contributed by atoms with Gasteiger partial charge in [-0.05, 0) is 51.7 Å². The highest BCUT2D eigenvalue weighted by Crippen LogP contribution is 2.22. The van der Waals surface area contributed by atoms with Gasteiger partial charge in [0.25, 0.3) is 5.91 Å². The molecule has 1 aliphatic rings. The maximum absolute atomic E-state index is 12.5. The number of nitrogens with one attached hydrogen (secondary N) is 1. The fourth-order valence-electron chi connectivity index (χ4n) is 2.60. The van der Waals surface area contributed by atoms with E-state index in [1.165, 1.54) is 0 Å². The molecule has 23 heavy (non-hydrogen) atoms. The van der Waals surface area contributed by atoms with Gasteiger partial charge < -0.3 is 14.8 Å². The zero-order chi connectivity index (χ0) is 16.9. The maximum atomic E-state index is 12.5. The van der Waals surface area contributed by atoms with Crippen molar-refractivity contribution >= 4 is 11.9 Å². The van der Waals surface area contributed by atoms with Gasteiger partial charge in [0.05, 0.1) is 0 Å². The fourth-order valence-corrected chi connectivity index (χ4v) is 2.60. The van der Waals surface area contributed by atoms with Crippen molar-refractivity contribution in [2.75, 3.05) is 13.2 Å². The predicted octanol–water partition coefficient (Wildman–Crippen LogP) is 2.55. The van der Waals surface area contributed by atoms with E-state index in [0.717, 1.165) is 12.8 Å². The molecule has 0 bridgehead atoms. The molecule has 5 heteroatoms. The van der Waals surface area contributed by atoms with E-state index in [4.69, 9.17) is 9.47 Å². The van der Waals surface area contributed by atoms with Crippen molar-refractivity contribution in [3.05, 3.63) is 35.9 Å². The number of hydrogen-bond acceptors (Lipinski definition) is 4. The van der Waals surface area contributed by atoms with Gasteiger partial charge in [0, 0.05) is 18.8 Å². The molecule has 1 aromatic carbocycles. The molecule has 0 unspecified atom stereocenters. The van der Waals surface area contributed by atoms with Gasteiger partial charge in [-0.2, -0.15) is 0 Å². The first-order chi connectivity index (χ1) is 10.9. The van der Waals surface area contributed by atoms with Gasteiger partial charge >= 0.3 is 5.97 Å². The Balaban J connectivity index is 2.12. The zero-order valence-corrected chi connectivity index (χ0v) is 14.0. The van der Waals surface area contributed by atoms with Gasteiger partial charge in [-0.15, -0.1) is 0 Å². The van der Waals surface area contributed by atoms with Crippen molar-refractivity contribution in [2.45, 2.75) is 45.3 Å². The van der Waals surface area contributed by atoms with Crippen molar-refractivity contribution in [3.63, 3.8) is 0 Å². The summed E-state index contributed by atoms with van der Waals surface area (Å²) in [6, 6.07) is 8.25. The second-order valence-electron chi connectivity index (χ2n) is 6.80. The second kappa shape index (κ2) is 7.59. The minimum atomic E-state index is -0.647. The molecule has 1 amide bonds. The normalized spacial score (nSPS) is 17.3. The van der Waals surface area contributed by atoms with Crippen LogP contribution in [0.3, 0.4) is 0 Å². The van der Waals surface area contributed by atoms with Crippen LogP contribution in [0.5, 0.6) is 0 Å². The smallest absolute Gasteiger partial charge is 0.329 e. The topological polar surface area (TPSA) is 64.6 Å². The summed E-state index contributed by atoms with van der Waals surface area (Å²) in [7, 11) is 0. The molecule has 1 aliphatic heterocycles. The Morgan fingerprint density at radius 2 is 1.78 bits per heavy atom. The number of esters is 1. The largest absolute Gasteiger partial charge is 0.458 e. The molecule has 0 spiro atoms. The standard InChI is InChI=1S/C18H25NO4/c1-18(2,3)23-17(21)15(13-9-11-22-12-10-13)19-16(20)14-7-5-4-6-8-14/h4-8,13,15H,9-12H2,1-3H3,(H,19,20)/t15-/m1/s1. The number of carbonyl (C=O) groups excluding carboxylic acids is 2. The van der Waals surface area contributed by atoms with Crippen LogP contribution in [-0.2, 0) is 14.3 Å². The third-order valence-electron chi connectivity index (χ3n) is 3.72. The molecule has 1 fully saturated rings. The van der Waals surface area contributed by atoms with Gasteiger partial charge in [-0.1, -0.05) is 18.2 Å². The number of benzene rings is 1. The summed E-state index contributed by atoms with van der Waals surface area (Å²) in [6.07, 6.45) is 1.47. The Kier molecular flexibility index (Phi) is 5.77. The third kappa shape index (κ3) is 5.36. The number of amides is 1. The van der Waals surface area contributed by atoms with Crippen LogP contribution in [-0.4, -0.2) is 36.7 Å². The number of carbonyl (C=O) groups is 2. The van der Waals surface area contributed by atoms with E-state index in [9.17, 15) is 9.59 Å². The average Bonchev–Trinajstić information content (AvgIpc) is 2.52. The van der Waals surface area contributed by atoms with Gasteiger partial charge in [0.1, 0.15) is 11.6 Å². The molecule has 0 aromatic heterocycles. The molecule has 1 aromatic rings. The Morgan fingerprint density at radius 3 is 2.35 bits per heavy atom. The fraction of sp³-hybridized carbons (Fsp3) is 0.556. The molecule has 0 radical (unpaired) electrons. The highest BCUT2D eigenvalue weighted by molar-refractivity contribution is 5.96. The lowest BCUT2D eigenvalue weighted by molar-refractivity contribution is -0.159. The van der Waals surface area contributed by atoms with Gasteiger partial charge in [-0.25, -0.2) is 4.79 Å². The third-order valence-corrected chi connectivity index (χ3v) is 3.72. The van der Waals surface area contributed by atoms with E-state index < -0.39 is 11.6 Å². The lowest BCUT2D eigenvalue weighted by atomic mass is 9.91. The Bertz CT molecular complexity index is 530. The first kappa shape index (κ1) is 17.5. The van der Waals surface area contributed by atoms with Crippen LogP contribution < -0.4 is 5.32 Å². The van der Waals surface area contributed by atoms with E-state index in [2.05, 4.69) is 5.32 Å². The van der Waals surface area contributed by atoms with E-state index in [0.29, 0.717) is 18.8 Å². The molecule has 5 nitrogen and oxygen atoms in total. The zero-order valence-electron chi connectivity index (χ0n) is 14.0. The summed E-state index contributed by atoms with van der Waals surface area (Å²) in [5.41, 5.74) is -0.0500. The first-order valence-electron chi connectivity index (χ1n) is 8.03. The molecular weight excluding hydrogens is 294 g/mol. The molecule has 1 N–H and O–H groups in total. The second-order valence-corrected chi connectivity index (χ2v) is 6.80. The molecular formula is C18H25NO4. The Hall–Kier alpha value is -1.88. The number of hydrogen-bond donors (Lipinski definition) is 1. The molecule has 1 atom stereocenters. The number of ether oxygens (including phenoxy) is 2. The van der Waals surface area contributed by atoms with E-state index in [1.54, 1.807) is 24.3 Å². The molecule has 0 saturated carbocycles. The molecule has 2 rings (SSSR count). The van der Waals surface area contributed by atoms with E-state index >= 15 is 0 Å². The summed E-state index contributed by atoms with van der Waals surface area (Å²) < 4.78 is 10.9. The molecule has 0 aliphatic carbocycles. The molecule has 126 valence electrons. The SMILES string of the molecule is CC(C)(C)OC(=O)[C@H](NC(=O)c1ccccc1)C1CCOCC1. The quantitative estimate of drug-likeness (QED) is 0.866. The summed E-state index contributed by atoms with van der Waals surface area (Å²) >= 11 is 0. The van der Waals surface area contributed by atoms with E-state index in [-0.39, 0.29) is 17.8 Å². The van der Waals surface area contributed by atoms with Crippen LogP contribution in [0.15, 0.2) is 30.3 Å². The van der Waals surface area contributed by atoms with Crippen LogP contribution in [0, 0.1) is 5.92 Å². The monoisotopic (exact) mass is 319 g/mol. The minimum Gasteiger partial charge on any atom is -0.458 e. The van der Waals surface area contributed by atoms with Crippen molar-refractivity contribution in [1.29, 1.82) is 0 Å². The molecule has 1 saturated heterocycles. The highest BCUT2D eigenvalue weighted by atomic mass is 16.6. The summed E-state index contributed by atoms with van der Waals surface area (Å²) in [5, 5.41) is 2.86. The maximum Gasteiger partial charge on any atom is 0.329 e. The van der Waals surface area contributed by atoms with Crippen LogP contribution in [0.2, 0.25) is 0 Å². The van der Waals surface area contributed by atoms with Crippen LogP contribution in [0.1, 0.15) is 44.0 Å². The van der Waals surface area contributed by atoms with Crippen molar-refractivity contribution in [2.24, 2.45) is 5.92 Å². The Labute approximate surface area is 137 Å². The van der Waals surface area contributed by atoms with Crippen molar-refractivity contribution in [1.82, 2.24) is 5.32 Å². The predicted molar refractivity (Wildman–Crippen MR) is 87.1 cm³/mol. The lowest BCUT2D eigenvalue weighted by Gasteiger charge is -2.31. The van der Waals surface area contributed by atoms with Crippen LogP contribution in [0.25, 0.3) is 0 Å². The molecule has 1 heterocycles. The lowest BCUT2D eigenvalue weighted by Crippen LogP contribution is -2.49. The summed E-state index contributed by atoms with van der Waals surface area (Å²) in [5.74, 6) is -0.604. The van der Waals surface area contributed by atoms with Crippen molar-refractivity contribution in [3.8, 4) is 0 Å². The number of rotatable bonds is 4. The summed E-state index contributed by atoms with van der Waals surface area (Å²) in [6.45, 7) is 6.68. The van der Waals surface area contributed by atoms with Crippen LogP contribution >= 0.6 is 0 Å². The van der Waals surface area contributed by atoms with Gasteiger partial charge in [0.2, 0.25) is 0 Å². The van der Waals surface area contributed by atoms with Gasteiger partial charge in [0.15, 0.2) is 0 Å². The Morgan fingerprint density at radius 1 is 1.17 bits per heavy atom. The first-order valence-corrected chi connectivity index (χ1v) is 8.03. The highest BCUT2D eigenvalue weighted by Gasteiger charge is 2.34. The average molecular weight is 319 g/mol.